The molecule has 0 saturated heterocycles. The first-order valence-electron chi connectivity index (χ1n) is 18.0. The van der Waals surface area contributed by atoms with Crippen LogP contribution in [-0.2, 0) is 16.0 Å². The van der Waals surface area contributed by atoms with Crippen LogP contribution in [0.4, 0.5) is 4.39 Å². The smallest absolute Gasteiger partial charge is 0.344 e. The van der Waals surface area contributed by atoms with E-state index in [-0.39, 0.29) is 12.5 Å². The van der Waals surface area contributed by atoms with Gasteiger partial charge in [-0.3, -0.25) is 0 Å². The molecule has 1 fully saturated rings. The van der Waals surface area contributed by atoms with E-state index in [2.05, 4.69) is 22.9 Å². The van der Waals surface area contributed by atoms with Crippen molar-refractivity contribution in [2.45, 2.75) is 148 Å². The van der Waals surface area contributed by atoms with Crippen LogP contribution < -0.4 is 9.47 Å². The highest BCUT2D eigenvalue weighted by Crippen LogP contribution is 2.31. The van der Waals surface area contributed by atoms with Crippen molar-refractivity contribution in [3.05, 3.63) is 58.1 Å². The molecular formula is C39H56BrFO5. The highest BCUT2D eigenvalue weighted by Gasteiger charge is 2.27. The Balaban J connectivity index is 1.30. The van der Waals surface area contributed by atoms with E-state index in [1.165, 1.54) is 63.4 Å². The van der Waals surface area contributed by atoms with Gasteiger partial charge < -0.3 is 14.2 Å². The molecule has 0 unspecified atom stereocenters. The van der Waals surface area contributed by atoms with E-state index in [1.54, 1.807) is 6.07 Å². The number of hydrogen-bond acceptors (Lipinski definition) is 5. The lowest BCUT2D eigenvalue weighted by atomic mass is 9.83. The normalized spacial score (nSPS) is 17.0. The summed E-state index contributed by atoms with van der Waals surface area (Å²) in [5.41, 5.74) is 1.65. The fraction of sp³-hybridized carbons (Fsp3) is 0.641. The van der Waals surface area contributed by atoms with Crippen LogP contribution in [0.2, 0.25) is 0 Å². The van der Waals surface area contributed by atoms with Crippen LogP contribution in [0.25, 0.3) is 0 Å². The van der Waals surface area contributed by atoms with E-state index in [0.29, 0.717) is 34.7 Å². The molecule has 0 spiro atoms. The van der Waals surface area contributed by atoms with Gasteiger partial charge >= 0.3 is 11.9 Å². The molecule has 46 heavy (non-hydrogen) atoms. The Morgan fingerprint density at radius 1 is 0.804 bits per heavy atom. The van der Waals surface area contributed by atoms with Crippen LogP contribution in [0.5, 0.6) is 11.5 Å². The van der Waals surface area contributed by atoms with E-state index in [1.807, 2.05) is 43.3 Å². The number of rotatable bonds is 22. The topological polar surface area (TPSA) is 61.8 Å². The van der Waals surface area contributed by atoms with Crippen LogP contribution in [0, 0.1) is 5.92 Å². The summed E-state index contributed by atoms with van der Waals surface area (Å²) in [5.74, 6) is 0.713. The Hall–Kier alpha value is -2.41. The SMILES string of the molecule is CCCCCCCCCCCCOc1ccc(C(=O)Oc2ccc(CC[C@H]3CC[C@H](OC(=O)[C@@H](F)CCCC)CC3)cc2)c(Br)c1. The summed E-state index contributed by atoms with van der Waals surface area (Å²) in [6.07, 6.45) is 18.6. The molecule has 0 radical (unpaired) electrons. The van der Waals surface area contributed by atoms with E-state index in [0.717, 1.165) is 57.1 Å². The minimum Gasteiger partial charge on any atom is -0.494 e. The number of carbonyl (C=O) groups is 2. The summed E-state index contributed by atoms with van der Waals surface area (Å²) in [6, 6.07) is 13.1. The average Bonchev–Trinajstić information content (AvgIpc) is 3.06. The fourth-order valence-corrected chi connectivity index (χ4v) is 6.58. The molecule has 1 aliphatic rings. The third-order valence-corrected chi connectivity index (χ3v) is 9.70. The van der Waals surface area contributed by atoms with E-state index in [4.69, 9.17) is 14.2 Å². The van der Waals surface area contributed by atoms with Crippen molar-refractivity contribution < 1.29 is 28.2 Å². The van der Waals surface area contributed by atoms with Crippen LogP contribution in [0.1, 0.15) is 145 Å². The van der Waals surface area contributed by atoms with Crippen LogP contribution in [0.3, 0.4) is 0 Å². The molecule has 0 aromatic heterocycles. The second-order valence-corrected chi connectivity index (χ2v) is 13.8. The lowest BCUT2D eigenvalue weighted by molar-refractivity contribution is -0.157. The first-order chi connectivity index (χ1) is 22.4. The van der Waals surface area contributed by atoms with Gasteiger partial charge in [-0.05, 0) is 109 Å². The molecule has 1 saturated carbocycles. The molecule has 5 nitrogen and oxygen atoms in total. The van der Waals surface area contributed by atoms with Crippen LogP contribution in [-0.4, -0.2) is 30.8 Å². The molecule has 1 atom stereocenters. The third kappa shape index (κ3) is 14.6. The van der Waals surface area contributed by atoms with Gasteiger partial charge in [0, 0.05) is 4.47 Å². The van der Waals surface area contributed by atoms with Crippen molar-refractivity contribution in [2.75, 3.05) is 6.61 Å². The molecule has 1 aliphatic carbocycles. The maximum Gasteiger partial charge on any atom is 0.344 e. The van der Waals surface area contributed by atoms with Crippen molar-refractivity contribution in [1.82, 2.24) is 0 Å². The van der Waals surface area contributed by atoms with Gasteiger partial charge in [-0.25, -0.2) is 14.0 Å². The van der Waals surface area contributed by atoms with Crippen molar-refractivity contribution in [2.24, 2.45) is 5.92 Å². The number of halogens is 2. The van der Waals surface area contributed by atoms with Crippen LogP contribution in [0.15, 0.2) is 46.9 Å². The van der Waals surface area contributed by atoms with Gasteiger partial charge in [0.1, 0.15) is 17.6 Å². The predicted octanol–water partition coefficient (Wildman–Crippen LogP) is 11.5. The minimum absolute atomic E-state index is 0.157. The summed E-state index contributed by atoms with van der Waals surface area (Å²) >= 11 is 3.51. The molecule has 0 amide bonds. The number of aryl methyl sites for hydroxylation is 1. The van der Waals surface area contributed by atoms with Crippen molar-refractivity contribution >= 4 is 27.9 Å². The lowest BCUT2D eigenvalue weighted by Gasteiger charge is -2.28. The lowest BCUT2D eigenvalue weighted by Crippen LogP contribution is -2.29. The van der Waals surface area contributed by atoms with Gasteiger partial charge in [0.25, 0.3) is 0 Å². The summed E-state index contributed by atoms with van der Waals surface area (Å²) < 4.78 is 31.6. The first kappa shape index (κ1) is 38.0. The monoisotopic (exact) mass is 702 g/mol. The molecule has 0 aliphatic heterocycles. The zero-order valence-electron chi connectivity index (χ0n) is 28.2. The molecule has 0 heterocycles. The molecule has 0 bridgehead atoms. The van der Waals surface area contributed by atoms with Gasteiger partial charge in [-0.1, -0.05) is 96.6 Å². The zero-order chi connectivity index (χ0) is 33.0. The highest BCUT2D eigenvalue weighted by atomic mass is 79.9. The van der Waals surface area contributed by atoms with Gasteiger partial charge in [-0.15, -0.1) is 0 Å². The molecule has 0 N–H and O–H groups in total. The molecule has 3 rings (SSSR count). The van der Waals surface area contributed by atoms with Gasteiger partial charge in [-0.2, -0.15) is 0 Å². The fourth-order valence-electron chi connectivity index (χ4n) is 6.07. The van der Waals surface area contributed by atoms with Crippen molar-refractivity contribution in [3.8, 4) is 11.5 Å². The molecule has 2 aromatic rings. The number of ether oxygens (including phenoxy) is 3. The maximum atomic E-state index is 13.9. The molecule has 7 heteroatoms. The van der Waals surface area contributed by atoms with E-state index >= 15 is 0 Å². The molecule has 256 valence electrons. The first-order valence-corrected chi connectivity index (χ1v) is 18.8. The number of esters is 2. The Kier molecular flexibility index (Phi) is 18.4. The number of carbonyl (C=O) groups excluding carboxylic acids is 2. The Morgan fingerprint density at radius 2 is 1.41 bits per heavy atom. The number of alkyl halides is 1. The number of unbranched alkanes of at least 4 members (excludes halogenated alkanes) is 10. The highest BCUT2D eigenvalue weighted by molar-refractivity contribution is 9.10. The second kappa shape index (κ2) is 22.2. The van der Waals surface area contributed by atoms with E-state index < -0.39 is 18.1 Å². The second-order valence-electron chi connectivity index (χ2n) is 12.9. The maximum absolute atomic E-state index is 13.9. The number of hydrogen-bond donors (Lipinski definition) is 0. The van der Waals surface area contributed by atoms with Crippen LogP contribution >= 0.6 is 15.9 Å². The zero-order valence-corrected chi connectivity index (χ0v) is 29.8. The van der Waals surface area contributed by atoms with Gasteiger partial charge in [0.15, 0.2) is 6.17 Å². The Morgan fingerprint density at radius 3 is 2.04 bits per heavy atom. The average molecular weight is 704 g/mol. The summed E-state index contributed by atoms with van der Waals surface area (Å²) in [5, 5.41) is 0. The van der Waals surface area contributed by atoms with Gasteiger partial charge in [0.2, 0.25) is 0 Å². The summed E-state index contributed by atoms with van der Waals surface area (Å²) in [6.45, 7) is 4.92. The predicted molar refractivity (Wildman–Crippen MR) is 187 cm³/mol. The number of benzene rings is 2. The molecular weight excluding hydrogens is 647 g/mol. The van der Waals surface area contributed by atoms with Gasteiger partial charge in [0.05, 0.1) is 12.2 Å². The Bertz CT molecular complexity index is 1150. The standard InChI is InChI=1S/C39H56BrFO5/c1-3-5-7-8-9-10-11-12-13-14-28-44-34-26-27-35(36(40)29-34)38(42)45-32-22-18-30(19-23-32)16-17-31-20-24-33(25-21-31)46-39(43)37(41)15-6-4-2/h18-19,22-23,26-27,29,31,33,37H,3-17,20-21,24-25,28H2,1-2H3/t31-,33-,37-/m0/s1. The van der Waals surface area contributed by atoms with E-state index in [9.17, 15) is 14.0 Å². The summed E-state index contributed by atoms with van der Waals surface area (Å²) in [7, 11) is 0. The van der Waals surface area contributed by atoms with Crippen molar-refractivity contribution in [1.29, 1.82) is 0 Å². The summed E-state index contributed by atoms with van der Waals surface area (Å²) in [4.78, 5) is 24.8. The minimum atomic E-state index is -1.49. The largest absolute Gasteiger partial charge is 0.494 e. The Labute approximate surface area is 285 Å². The molecule has 2 aromatic carbocycles. The third-order valence-electron chi connectivity index (χ3n) is 9.05. The van der Waals surface area contributed by atoms with Crippen molar-refractivity contribution in [3.63, 3.8) is 0 Å². The quantitative estimate of drug-likeness (QED) is 0.0694.